The van der Waals surface area contributed by atoms with Crippen LogP contribution < -0.4 is 5.73 Å². The number of amides is 2. The summed E-state index contributed by atoms with van der Waals surface area (Å²) in [5, 5.41) is 12.9. The summed E-state index contributed by atoms with van der Waals surface area (Å²) in [4.78, 5) is 36.0. The molecule has 1 aromatic carbocycles. The Bertz CT molecular complexity index is 1700. The number of aryl methyl sites for hydroxylation is 2. The van der Waals surface area contributed by atoms with Gasteiger partial charge in [-0.2, -0.15) is 10.2 Å². The van der Waals surface area contributed by atoms with Crippen LogP contribution in [0.3, 0.4) is 0 Å². The van der Waals surface area contributed by atoms with E-state index in [1.54, 1.807) is 53.2 Å². The van der Waals surface area contributed by atoms with Crippen LogP contribution in [0.5, 0.6) is 0 Å². The zero-order valence-electron chi connectivity index (χ0n) is 21.4. The second-order valence-corrected chi connectivity index (χ2v) is 9.70. The van der Waals surface area contributed by atoms with Gasteiger partial charge < -0.3 is 5.73 Å². The Hall–Kier alpha value is -4.80. The monoisotopic (exact) mass is 509 g/mol. The lowest BCUT2D eigenvalue weighted by Gasteiger charge is -2.32. The van der Waals surface area contributed by atoms with E-state index in [2.05, 4.69) is 20.2 Å². The minimum absolute atomic E-state index is 0.0472. The molecule has 0 aliphatic heterocycles. The van der Waals surface area contributed by atoms with Crippen LogP contribution in [0.15, 0.2) is 55.1 Å². The molecule has 0 spiro atoms. The van der Waals surface area contributed by atoms with Gasteiger partial charge in [-0.05, 0) is 37.1 Å². The Kier molecular flexibility index (Phi) is 5.55. The molecular weight excluding hydrogens is 482 g/mol. The summed E-state index contributed by atoms with van der Waals surface area (Å²) >= 11 is 0. The first-order valence-electron chi connectivity index (χ1n) is 12.3. The maximum atomic E-state index is 13.9. The number of hydrogen-bond donors (Lipinski definition) is 1. The molecule has 1 aliphatic rings. The van der Waals surface area contributed by atoms with Gasteiger partial charge >= 0.3 is 0 Å². The minimum atomic E-state index is -0.311. The predicted octanol–water partition coefficient (Wildman–Crippen LogP) is 2.93. The summed E-state index contributed by atoms with van der Waals surface area (Å²) in [6.45, 7) is 0.139. The molecule has 0 unspecified atom stereocenters. The molecule has 1 saturated carbocycles. The van der Waals surface area contributed by atoms with Crippen molar-refractivity contribution in [3.8, 4) is 11.1 Å². The maximum Gasteiger partial charge on any atom is 0.272 e. The number of pyridine rings is 2. The van der Waals surface area contributed by atoms with Gasteiger partial charge in [-0.3, -0.25) is 28.9 Å². The average molecular weight is 510 g/mol. The fourth-order valence-electron chi connectivity index (χ4n) is 4.68. The molecule has 0 saturated heterocycles. The van der Waals surface area contributed by atoms with Crippen molar-refractivity contribution >= 4 is 39.4 Å². The number of hydrazine groups is 1. The average Bonchev–Trinajstić information content (AvgIpc) is 3.57. The lowest BCUT2D eigenvalue weighted by atomic mass is 10.1. The smallest absolute Gasteiger partial charge is 0.272 e. The second-order valence-electron chi connectivity index (χ2n) is 9.70. The molecule has 0 radical (unpaired) electrons. The standard InChI is InChI=1S/C27H27N9O2/c1-33-14-19(12-30-33)18-6-8-20(29-11-18)15-36(35(3)26(37)16-4-5-16)27(38)17-7-9-23-21(10-17)24-22(25(28)32-23)13-31-34(24)2/h6-14,16H,4-5,15H2,1-3H3,(H2,28,32). The summed E-state index contributed by atoms with van der Waals surface area (Å²) in [6.07, 6.45) is 8.78. The van der Waals surface area contributed by atoms with E-state index >= 15 is 0 Å². The van der Waals surface area contributed by atoms with E-state index in [1.165, 1.54) is 10.0 Å². The zero-order valence-corrected chi connectivity index (χ0v) is 21.4. The van der Waals surface area contributed by atoms with E-state index in [1.807, 2.05) is 32.4 Å². The number of rotatable bonds is 5. The van der Waals surface area contributed by atoms with Gasteiger partial charge in [0.25, 0.3) is 5.91 Å². The number of fused-ring (bicyclic) bond motifs is 3. The Morgan fingerprint density at radius 3 is 2.53 bits per heavy atom. The van der Waals surface area contributed by atoms with Crippen molar-refractivity contribution in [2.24, 2.45) is 20.0 Å². The van der Waals surface area contributed by atoms with E-state index in [0.717, 1.165) is 40.3 Å². The Morgan fingerprint density at radius 1 is 1.03 bits per heavy atom. The van der Waals surface area contributed by atoms with Crippen LogP contribution in [0.25, 0.3) is 32.9 Å². The Labute approximate surface area is 218 Å². The molecule has 192 valence electrons. The van der Waals surface area contributed by atoms with Crippen molar-refractivity contribution in [2.45, 2.75) is 19.4 Å². The fourth-order valence-corrected chi connectivity index (χ4v) is 4.68. The molecule has 1 fully saturated rings. The van der Waals surface area contributed by atoms with E-state index in [4.69, 9.17) is 5.73 Å². The van der Waals surface area contributed by atoms with E-state index in [-0.39, 0.29) is 24.3 Å². The summed E-state index contributed by atoms with van der Waals surface area (Å²) in [5.74, 6) is -0.0470. The molecule has 0 atom stereocenters. The molecule has 6 rings (SSSR count). The predicted molar refractivity (Wildman–Crippen MR) is 142 cm³/mol. The highest BCUT2D eigenvalue weighted by Gasteiger charge is 2.36. The van der Waals surface area contributed by atoms with Crippen LogP contribution in [0.4, 0.5) is 5.82 Å². The summed E-state index contributed by atoms with van der Waals surface area (Å²) < 4.78 is 3.45. The second kappa shape index (κ2) is 8.94. The van der Waals surface area contributed by atoms with Gasteiger partial charge in [0.15, 0.2) is 0 Å². The van der Waals surface area contributed by atoms with Crippen molar-refractivity contribution in [1.82, 2.24) is 39.5 Å². The quantitative estimate of drug-likeness (QED) is 0.361. The molecule has 2 N–H and O–H groups in total. The van der Waals surface area contributed by atoms with Crippen LogP contribution in [0.1, 0.15) is 28.9 Å². The topological polar surface area (TPSA) is 128 Å². The van der Waals surface area contributed by atoms with Crippen LogP contribution in [-0.4, -0.2) is 58.4 Å². The van der Waals surface area contributed by atoms with Gasteiger partial charge in [-0.25, -0.2) is 9.99 Å². The maximum absolute atomic E-state index is 13.9. The number of aromatic nitrogens is 6. The lowest BCUT2D eigenvalue weighted by molar-refractivity contribution is -0.144. The molecule has 0 bridgehead atoms. The summed E-state index contributed by atoms with van der Waals surface area (Å²) in [5.41, 5.74) is 10.5. The number of nitrogens with zero attached hydrogens (tertiary/aromatic N) is 8. The number of carbonyl (C=O) groups is 2. The van der Waals surface area contributed by atoms with Crippen LogP contribution in [0.2, 0.25) is 0 Å². The third-order valence-corrected chi connectivity index (χ3v) is 6.97. The third-order valence-electron chi connectivity index (χ3n) is 6.97. The molecular formula is C27H27N9O2. The molecule has 38 heavy (non-hydrogen) atoms. The number of carbonyl (C=O) groups excluding carboxylic acids is 2. The summed E-state index contributed by atoms with van der Waals surface area (Å²) in [7, 11) is 5.33. The SMILES string of the molecule is CN(C(=O)C1CC1)N(Cc1ccc(-c2cnn(C)c2)cn1)C(=O)c1ccc2nc(N)c3cnn(C)c3c2c1. The van der Waals surface area contributed by atoms with Crippen molar-refractivity contribution < 1.29 is 9.59 Å². The largest absolute Gasteiger partial charge is 0.383 e. The van der Waals surface area contributed by atoms with Gasteiger partial charge in [0.1, 0.15) is 5.82 Å². The first kappa shape index (κ1) is 23.6. The van der Waals surface area contributed by atoms with E-state index in [0.29, 0.717) is 22.6 Å². The van der Waals surface area contributed by atoms with Gasteiger partial charge in [0, 0.05) is 61.5 Å². The minimum Gasteiger partial charge on any atom is -0.383 e. The van der Waals surface area contributed by atoms with Crippen LogP contribution >= 0.6 is 0 Å². The van der Waals surface area contributed by atoms with Crippen molar-refractivity contribution in [3.63, 3.8) is 0 Å². The van der Waals surface area contributed by atoms with Crippen molar-refractivity contribution in [1.29, 1.82) is 0 Å². The van der Waals surface area contributed by atoms with Gasteiger partial charge in [-0.1, -0.05) is 6.07 Å². The Balaban J connectivity index is 1.36. The van der Waals surface area contributed by atoms with E-state index in [9.17, 15) is 9.59 Å². The molecule has 5 aromatic rings. The van der Waals surface area contributed by atoms with Gasteiger partial charge in [0.05, 0.1) is 41.1 Å². The van der Waals surface area contributed by atoms with Crippen molar-refractivity contribution in [3.05, 3.63) is 66.4 Å². The normalized spacial score (nSPS) is 13.2. The highest BCUT2D eigenvalue weighted by atomic mass is 16.2. The molecule has 4 heterocycles. The van der Waals surface area contributed by atoms with Gasteiger partial charge in [0.2, 0.25) is 5.91 Å². The highest BCUT2D eigenvalue weighted by Crippen LogP contribution is 2.32. The van der Waals surface area contributed by atoms with Crippen molar-refractivity contribution in [2.75, 3.05) is 12.8 Å². The number of nitrogen functional groups attached to an aromatic ring is 1. The molecule has 1 aliphatic carbocycles. The molecule has 4 aromatic heterocycles. The first-order chi connectivity index (χ1) is 18.3. The van der Waals surface area contributed by atoms with E-state index < -0.39 is 0 Å². The molecule has 11 nitrogen and oxygen atoms in total. The number of nitrogens with two attached hydrogens (primary N) is 1. The number of benzene rings is 1. The fraction of sp³-hybridized carbons (Fsp3) is 0.259. The first-order valence-corrected chi connectivity index (χ1v) is 12.3. The Morgan fingerprint density at radius 2 is 1.84 bits per heavy atom. The third kappa shape index (κ3) is 4.11. The molecule has 11 heteroatoms. The highest BCUT2D eigenvalue weighted by molar-refractivity contribution is 6.10. The number of anilines is 1. The zero-order chi connectivity index (χ0) is 26.6. The molecule has 2 amide bonds. The van der Waals surface area contributed by atoms with Crippen LogP contribution in [0, 0.1) is 5.92 Å². The number of hydrogen-bond acceptors (Lipinski definition) is 7. The van der Waals surface area contributed by atoms with Gasteiger partial charge in [-0.15, -0.1) is 0 Å². The van der Waals surface area contributed by atoms with Crippen LogP contribution in [-0.2, 0) is 25.4 Å². The lowest BCUT2D eigenvalue weighted by Crippen LogP contribution is -2.47. The summed E-state index contributed by atoms with van der Waals surface area (Å²) in [6, 6.07) is 9.07.